The number of rotatable bonds is 6. The van der Waals surface area contributed by atoms with E-state index in [-0.39, 0.29) is 17.5 Å². The van der Waals surface area contributed by atoms with Crippen LogP contribution in [0, 0.1) is 0 Å². The molecule has 1 heterocycles. The maximum Gasteiger partial charge on any atom is 0.257 e. The van der Waals surface area contributed by atoms with Crippen molar-refractivity contribution in [2.45, 2.75) is 30.9 Å². The van der Waals surface area contributed by atoms with Gasteiger partial charge in [0.05, 0.1) is 12.3 Å². The molecule has 0 bridgehead atoms. The van der Waals surface area contributed by atoms with Crippen LogP contribution in [0.15, 0.2) is 35.5 Å². The van der Waals surface area contributed by atoms with Crippen LogP contribution >= 0.6 is 11.6 Å². The third-order valence-electron chi connectivity index (χ3n) is 3.13. The Morgan fingerprint density at radius 3 is 2.50 bits per heavy atom. The largest absolute Gasteiger partial charge is 0.387 e. The van der Waals surface area contributed by atoms with Gasteiger partial charge in [-0.05, 0) is 17.7 Å². The van der Waals surface area contributed by atoms with Gasteiger partial charge in [-0.15, -0.1) is 0 Å². The number of aliphatic hydroxyl groups excluding tert-OH is 1. The Morgan fingerprint density at radius 2 is 1.95 bits per heavy atom. The molecule has 0 aliphatic rings. The molecular weight excluding hydrogens is 326 g/mol. The summed E-state index contributed by atoms with van der Waals surface area (Å²) in [5, 5.41) is 10.6. The van der Waals surface area contributed by atoms with Gasteiger partial charge in [-0.1, -0.05) is 37.6 Å². The second-order valence-electron chi connectivity index (χ2n) is 5.21. The Morgan fingerprint density at radius 1 is 1.32 bits per heavy atom. The van der Waals surface area contributed by atoms with E-state index in [4.69, 9.17) is 11.6 Å². The fourth-order valence-corrected chi connectivity index (χ4v) is 2.91. The average Bonchev–Trinajstić information content (AvgIpc) is 2.96. The maximum atomic E-state index is 12.1. The Hall–Kier alpha value is -1.41. The van der Waals surface area contributed by atoms with E-state index >= 15 is 0 Å². The van der Waals surface area contributed by atoms with Crippen LogP contribution in [-0.4, -0.2) is 30.0 Å². The zero-order valence-electron chi connectivity index (χ0n) is 12.2. The molecule has 120 valence electrons. The molecule has 3 N–H and O–H groups in total. The molecule has 1 unspecified atom stereocenters. The van der Waals surface area contributed by atoms with E-state index in [1.165, 1.54) is 6.20 Å². The summed E-state index contributed by atoms with van der Waals surface area (Å²) in [4.78, 5) is 6.79. The van der Waals surface area contributed by atoms with Gasteiger partial charge in [-0.25, -0.2) is 18.1 Å². The molecule has 0 saturated carbocycles. The number of aliphatic hydroxyl groups is 1. The number of hydrogen-bond donors (Lipinski definition) is 3. The van der Waals surface area contributed by atoms with Gasteiger partial charge in [0.25, 0.3) is 10.0 Å². The zero-order chi connectivity index (χ0) is 16.3. The molecule has 0 fully saturated rings. The van der Waals surface area contributed by atoms with Crippen LogP contribution in [0.2, 0.25) is 5.02 Å². The number of H-pyrrole nitrogens is 1. The summed E-state index contributed by atoms with van der Waals surface area (Å²) < 4.78 is 26.6. The maximum absolute atomic E-state index is 12.1. The van der Waals surface area contributed by atoms with Crippen LogP contribution < -0.4 is 4.72 Å². The summed E-state index contributed by atoms with van der Waals surface area (Å²) in [6.07, 6.45) is 0.311. The summed E-state index contributed by atoms with van der Waals surface area (Å²) in [5.74, 6) is 0.697. The van der Waals surface area contributed by atoms with Crippen LogP contribution in [0.25, 0.3) is 0 Å². The molecule has 6 nitrogen and oxygen atoms in total. The predicted octanol–water partition coefficient (Wildman–Crippen LogP) is 2.20. The first kappa shape index (κ1) is 17.0. The van der Waals surface area contributed by atoms with Crippen molar-refractivity contribution in [3.8, 4) is 0 Å². The molecule has 0 spiro atoms. The number of halogens is 1. The highest BCUT2D eigenvalue weighted by molar-refractivity contribution is 7.89. The van der Waals surface area contributed by atoms with Crippen molar-refractivity contribution >= 4 is 21.6 Å². The molecule has 2 rings (SSSR count). The number of hydrogen-bond acceptors (Lipinski definition) is 4. The summed E-state index contributed by atoms with van der Waals surface area (Å²) in [5.41, 5.74) is 0.583. The lowest BCUT2D eigenvalue weighted by Gasteiger charge is -2.12. The number of benzene rings is 1. The minimum absolute atomic E-state index is 0.0143. The molecule has 0 saturated heterocycles. The fraction of sp³-hybridized carbons (Fsp3) is 0.357. The SMILES string of the molecule is CC(C)c1ncc(S(=O)(=O)NCC(O)c2ccc(Cl)cc2)[nH]1. The fourth-order valence-electron chi connectivity index (χ4n) is 1.82. The molecule has 0 radical (unpaired) electrons. The van der Waals surface area contributed by atoms with Gasteiger partial charge in [0, 0.05) is 17.5 Å². The minimum atomic E-state index is -3.74. The molecule has 1 aromatic carbocycles. The second-order valence-corrected chi connectivity index (χ2v) is 7.38. The Kier molecular flexibility index (Phi) is 5.23. The van der Waals surface area contributed by atoms with Crippen molar-refractivity contribution in [2.75, 3.05) is 6.54 Å². The van der Waals surface area contributed by atoms with Crippen LogP contribution in [-0.2, 0) is 10.0 Å². The Labute approximate surface area is 134 Å². The first-order valence-electron chi connectivity index (χ1n) is 6.77. The highest BCUT2D eigenvalue weighted by Gasteiger charge is 2.19. The summed E-state index contributed by atoms with van der Waals surface area (Å²) >= 11 is 5.77. The molecular formula is C14H18ClN3O3S. The van der Waals surface area contributed by atoms with Crippen molar-refractivity contribution in [3.63, 3.8) is 0 Å². The van der Waals surface area contributed by atoms with Crippen LogP contribution in [0.4, 0.5) is 0 Å². The van der Waals surface area contributed by atoms with Crippen molar-refractivity contribution in [1.29, 1.82) is 0 Å². The van der Waals surface area contributed by atoms with Crippen molar-refractivity contribution in [1.82, 2.24) is 14.7 Å². The zero-order valence-corrected chi connectivity index (χ0v) is 13.8. The smallest absolute Gasteiger partial charge is 0.257 e. The van der Waals surface area contributed by atoms with Gasteiger partial charge in [0.1, 0.15) is 5.82 Å². The molecule has 2 aromatic rings. The number of imidazole rings is 1. The summed E-state index contributed by atoms with van der Waals surface area (Å²) in [6, 6.07) is 6.57. The normalized spacial score (nSPS) is 13.5. The molecule has 1 aromatic heterocycles. The molecule has 0 amide bonds. The van der Waals surface area contributed by atoms with Gasteiger partial charge < -0.3 is 10.1 Å². The number of nitrogens with one attached hydrogen (secondary N) is 2. The van der Waals surface area contributed by atoms with Gasteiger partial charge in [-0.3, -0.25) is 0 Å². The topological polar surface area (TPSA) is 95.1 Å². The third-order valence-corrected chi connectivity index (χ3v) is 4.72. The van der Waals surface area contributed by atoms with Crippen molar-refractivity contribution in [3.05, 3.63) is 46.9 Å². The van der Waals surface area contributed by atoms with Gasteiger partial charge in [0.2, 0.25) is 0 Å². The van der Waals surface area contributed by atoms with Gasteiger partial charge in [0.15, 0.2) is 5.03 Å². The van der Waals surface area contributed by atoms with E-state index in [9.17, 15) is 13.5 Å². The van der Waals surface area contributed by atoms with Crippen LogP contribution in [0.1, 0.15) is 37.3 Å². The number of aromatic amines is 1. The van der Waals surface area contributed by atoms with Crippen molar-refractivity contribution in [2.24, 2.45) is 0 Å². The van der Waals surface area contributed by atoms with Gasteiger partial charge >= 0.3 is 0 Å². The first-order chi connectivity index (χ1) is 10.3. The van der Waals surface area contributed by atoms with E-state index in [0.29, 0.717) is 16.4 Å². The summed E-state index contributed by atoms with van der Waals surface area (Å²) in [7, 11) is -3.74. The number of nitrogens with zero attached hydrogens (tertiary/aromatic N) is 1. The molecule has 22 heavy (non-hydrogen) atoms. The first-order valence-corrected chi connectivity index (χ1v) is 8.64. The molecule has 8 heteroatoms. The highest BCUT2D eigenvalue weighted by Crippen LogP contribution is 2.17. The minimum Gasteiger partial charge on any atom is -0.387 e. The number of sulfonamides is 1. The highest BCUT2D eigenvalue weighted by atomic mass is 35.5. The van der Waals surface area contributed by atoms with Crippen LogP contribution in [0.3, 0.4) is 0 Å². The molecule has 0 aliphatic carbocycles. The summed E-state index contributed by atoms with van der Waals surface area (Å²) in [6.45, 7) is 3.68. The van der Waals surface area contributed by atoms with E-state index in [1.807, 2.05) is 13.8 Å². The van der Waals surface area contributed by atoms with E-state index in [2.05, 4.69) is 14.7 Å². The monoisotopic (exact) mass is 343 g/mol. The molecule has 1 atom stereocenters. The Balaban J connectivity index is 2.04. The van der Waals surface area contributed by atoms with E-state index in [1.54, 1.807) is 24.3 Å². The van der Waals surface area contributed by atoms with E-state index in [0.717, 1.165) is 0 Å². The third kappa shape index (κ3) is 4.07. The lowest BCUT2D eigenvalue weighted by molar-refractivity contribution is 0.182. The standard InChI is InChI=1S/C14H18ClN3O3S/c1-9(2)14-16-8-13(18-14)22(20,21)17-7-12(19)10-3-5-11(15)6-4-10/h3-6,8-9,12,17,19H,7H2,1-2H3,(H,16,18). The van der Waals surface area contributed by atoms with E-state index < -0.39 is 16.1 Å². The van der Waals surface area contributed by atoms with Gasteiger partial charge in [-0.2, -0.15) is 0 Å². The quantitative estimate of drug-likeness (QED) is 0.749. The predicted molar refractivity (Wildman–Crippen MR) is 84.3 cm³/mol. The van der Waals surface area contributed by atoms with Crippen LogP contribution in [0.5, 0.6) is 0 Å². The average molecular weight is 344 g/mol. The second kappa shape index (κ2) is 6.78. The number of aromatic nitrogens is 2. The Bertz CT molecular complexity index is 726. The lowest BCUT2D eigenvalue weighted by Crippen LogP contribution is -2.28. The van der Waals surface area contributed by atoms with Crippen molar-refractivity contribution < 1.29 is 13.5 Å². The molecule has 0 aliphatic heterocycles. The lowest BCUT2D eigenvalue weighted by atomic mass is 10.1.